The molecule has 0 saturated carbocycles. The third-order valence-corrected chi connectivity index (χ3v) is 5.46. The third-order valence-electron chi connectivity index (χ3n) is 5.46. The topological polar surface area (TPSA) is 98.2 Å². The summed E-state index contributed by atoms with van der Waals surface area (Å²) in [5.41, 5.74) is 2.71. The van der Waals surface area contributed by atoms with Gasteiger partial charge in [-0.2, -0.15) is 0 Å². The lowest BCUT2D eigenvalue weighted by Crippen LogP contribution is -2.28. The molecule has 0 saturated heterocycles. The second kappa shape index (κ2) is 9.55. The summed E-state index contributed by atoms with van der Waals surface area (Å²) in [6.07, 6.45) is 3.47. The van der Waals surface area contributed by atoms with Crippen LogP contribution < -0.4 is 20.3 Å². The van der Waals surface area contributed by atoms with Gasteiger partial charge in [0.15, 0.2) is 11.5 Å². The van der Waals surface area contributed by atoms with Crippen LogP contribution in [0.1, 0.15) is 18.4 Å². The van der Waals surface area contributed by atoms with Crippen LogP contribution in [0.2, 0.25) is 0 Å². The molecule has 8 heteroatoms. The summed E-state index contributed by atoms with van der Waals surface area (Å²) in [7, 11) is 3.12. The number of aromatic nitrogens is 3. The number of aryl methyl sites for hydroxylation is 2. The molecular formula is C24H26N4O4. The molecule has 2 aromatic carbocycles. The molecule has 2 N–H and O–H groups in total. The Labute approximate surface area is 185 Å². The molecule has 166 valence electrons. The second-order valence-electron chi connectivity index (χ2n) is 7.53. The van der Waals surface area contributed by atoms with Crippen LogP contribution in [0.5, 0.6) is 11.5 Å². The fourth-order valence-electron chi connectivity index (χ4n) is 3.75. The number of aromatic amines is 1. The maximum Gasteiger partial charge on any atom is 0.277 e. The number of hydrogen-bond donors (Lipinski definition) is 2. The Bertz CT molecular complexity index is 1290. The highest BCUT2D eigenvalue weighted by atomic mass is 16.5. The van der Waals surface area contributed by atoms with Crippen molar-refractivity contribution in [3.8, 4) is 11.5 Å². The van der Waals surface area contributed by atoms with E-state index in [1.165, 1.54) is 16.5 Å². The number of methoxy groups -OCH3 is 2. The highest BCUT2D eigenvalue weighted by molar-refractivity contribution is 6.05. The summed E-state index contributed by atoms with van der Waals surface area (Å²) in [4.78, 5) is 32.7. The van der Waals surface area contributed by atoms with Crippen molar-refractivity contribution in [2.75, 3.05) is 20.8 Å². The van der Waals surface area contributed by atoms with Gasteiger partial charge in [0, 0.05) is 31.0 Å². The van der Waals surface area contributed by atoms with E-state index < -0.39 is 0 Å². The highest BCUT2D eigenvalue weighted by Gasteiger charge is 2.15. The summed E-state index contributed by atoms with van der Waals surface area (Å²) in [5, 5.41) is 3.69. The van der Waals surface area contributed by atoms with Crippen LogP contribution in [0.25, 0.3) is 21.9 Å². The number of nitrogens with one attached hydrogen (secondary N) is 2. The summed E-state index contributed by atoms with van der Waals surface area (Å²) in [6.45, 7) is 0.861. The zero-order valence-electron chi connectivity index (χ0n) is 18.2. The first kappa shape index (κ1) is 21.4. The van der Waals surface area contributed by atoms with E-state index in [0.29, 0.717) is 29.1 Å². The molecule has 0 unspecified atom stereocenters. The minimum Gasteiger partial charge on any atom is -0.493 e. The fourth-order valence-corrected chi connectivity index (χ4v) is 3.75. The van der Waals surface area contributed by atoms with Crippen molar-refractivity contribution in [1.29, 1.82) is 0 Å². The number of H-pyrrole nitrogens is 1. The van der Waals surface area contributed by atoms with E-state index in [0.717, 1.165) is 23.7 Å². The van der Waals surface area contributed by atoms with Crippen molar-refractivity contribution in [2.45, 2.75) is 25.8 Å². The van der Waals surface area contributed by atoms with Gasteiger partial charge in [0.2, 0.25) is 5.91 Å². The first-order valence-corrected chi connectivity index (χ1v) is 10.5. The summed E-state index contributed by atoms with van der Waals surface area (Å²) < 4.78 is 12.1. The van der Waals surface area contributed by atoms with E-state index in [9.17, 15) is 9.59 Å². The van der Waals surface area contributed by atoms with Crippen LogP contribution in [0.4, 0.5) is 0 Å². The van der Waals surface area contributed by atoms with Crippen LogP contribution in [0.15, 0.2) is 53.6 Å². The van der Waals surface area contributed by atoms with Crippen molar-refractivity contribution in [3.05, 3.63) is 64.7 Å². The number of ether oxygens (including phenoxy) is 2. The van der Waals surface area contributed by atoms with E-state index in [2.05, 4.69) is 27.4 Å². The van der Waals surface area contributed by atoms with Gasteiger partial charge in [-0.3, -0.25) is 14.2 Å². The molecule has 0 aliphatic carbocycles. The Hall–Kier alpha value is -3.81. The van der Waals surface area contributed by atoms with Crippen LogP contribution in [-0.4, -0.2) is 41.2 Å². The number of nitrogens with zero attached hydrogens (tertiary/aromatic N) is 2. The SMILES string of the molecule is COc1cc2[nH]c3c(=O)n(CCC(=O)NCCCc4ccccc4)cnc3c2cc1OC. The maximum atomic E-state index is 12.9. The van der Waals surface area contributed by atoms with Gasteiger partial charge in [-0.1, -0.05) is 30.3 Å². The van der Waals surface area contributed by atoms with Gasteiger partial charge in [-0.05, 0) is 24.5 Å². The molecule has 0 spiro atoms. The summed E-state index contributed by atoms with van der Waals surface area (Å²) in [6, 6.07) is 13.7. The van der Waals surface area contributed by atoms with E-state index in [-0.39, 0.29) is 24.4 Å². The van der Waals surface area contributed by atoms with Gasteiger partial charge in [-0.25, -0.2) is 4.98 Å². The van der Waals surface area contributed by atoms with E-state index in [1.54, 1.807) is 26.4 Å². The molecule has 4 aromatic rings. The minimum atomic E-state index is -0.221. The highest BCUT2D eigenvalue weighted by Crippen LogP contribution is 2.34. The average molecular weight is 434 g/mol. The van der Waals surface area contributed by atoms with Crippen molar-refractivity contribution in [3.63, 3.8) is 0 Å². The van der Waals surface area contributed by atoms with Crippen LogP contribution in [0, 0.1) is 0 Å². The summed E-state index contributed by atoms with van der Waals surface area (Å²) in [5.74, 6) is 1.04. The minimum absolute atomic E-state index is 0.0869. The lowest BCUT2D eigenvalue weighted by Gasteiger charge is -2.07. The number of carbonyl (C=O) groups excluding carboxylic acids is 1. The standard InChI is InChI=1S/C24H26N4O4/c1-31-19-13-17-18(14-20(19)32-2)27-23-22(17)26-15-28(24(23)30)12-10-21(29)25-11-6-9-16-7-4-3-5-8-16/h3-5,7-8,13-15,27H,6,9-12H2,1-2H3,(H,25,29). The van der Waals surface area contributed by atoms with Crippen LogP contribution >= 0.6 is 0 Å². The zero-order valence-corrected chi connectivity index (χ0v) is 18.2. The van der Waals surface area contributed by atoms with Gasteiger partial charge >= 0.3 is 0 Å². The Morgan fingerprint density at radius 3 is 2.62 bits per heavy atom. The zero-order chi connectivity index (χ0) is 22.5. The summed E-state index contributed by atoms with van der Waals surface area (Å²) >= 11 is 0. The predicted octanol–water partition coefficient (Wildman–Crippen LogP) is 3.03. The van der Waals surface area contributed by atoms with Gasteiger partial charge in [0.1, 0.15) is 11.0 Å². The Morgan fingerprint density at radius 1 is 1.12 bits per heavy atom. The number of carbonyl (C=O) groups is 1. The molecule has 0 aliphatic rings. The molecule has 32 heavy (non-hydrogen) atoms. The molecule has 2 heterocycles. The lowest BCUT2D eigenvalue weighted by atomic mass is 10.1. The molecule has 0 aliphatic heterocycles. The third kappa shape index (κ3) is 4.44. The van der Waals surface area contributed by atoms with Gasteiger partial charge < -0.3 is 19.8 Å². The largest absolute Gasteiger partial charge is 0.493 e. The molecule has 0 fully saturated rings. The Balaban J connectivity index is 1.41. The van der Waals surface area contributed by atoms with Crippen molar-refractivity contribution >= 4 is 27.8 Å². The number of amides is 1. The quantitative estimate of drug-likeness (QED) is 0.395. The molecule has 2 aromatic heterocycles. The molecular weight excluding hydrogens is 408 g/mol. The molecule has 8 nitrogen and oxygen atoms in total. The monoisotopic (exact) mass is 434 g/mol. The first-order valence-electron chi connectivity index (χ1n) is 10.5. The lowest BCUT2D eigenvalue weighted by molar-refractivity contribution is -0.121. The molecule has 4 rings (SSSR count). The number of rotatable bonds is 9. The Morgan fingerprint density at radius 2 is 1.88 bits per heavy atom. The molecule has 0 atom stereocenters. The maximum absolute atomic E-state index is 12.9. The number of fused-ring (bicyclic) bond motifs is 3. The average Bonchev–Trinajstić information content (AvgIpc) is 3.19. The smallest absolute Gasteiger partial charge is 0.277 e. The van der Waals surface area contributed by atoms with Crippen LogP contribution in [0.3, 0.4) is 0 Å². The van der Waals surface area contributed by atoms with Crippen molar-refractivity contribution in [2.24, 2.45) is 0 Å². The van der Waals surface area contributed by atoms with Crippen LogP contribution in [-0.2, 0) is 17.8 Å². The predicted molar refractivity (Wildman–Crippen MR) is 123 cm³/mol. The molecule has 1 amide bonds. The normalized spacial score (nSPS) is 11.1. The van der Waals surface area contributed by atoms with E-state index in [4.69, 9.17) is 9.47 Å². The number of hydrogen-bond acceptors (Lipinski definition) is 5. The van der Waals surface area contributed by atoms with Gasteiger partial charge in [0.25, 0.3) is 5.56 Å². The van der Waals surface area contributed by atoms with Crippen molar-refractivity contribution < 1.29 is 14.3 Å². The van der Waals surface area contributed by atoms with Gasteiger partial charge in [-0.15, -0.1) is 0 Å². The first-order chi connectivity index (χ1) is 15.6. The second-order valence-corrected chi connectivity index (χ2v) is 7.53. The van der Waals surface area contributed by atoms with Crippen molar-refractivity contribution in [1.82, 2.24) is 19.9 Å². The fraction of sp³-hybridized carbons (Fsp3) is 0.292. The van der Waals surface area contributed by atoms with E-state index in [1.807, 2.05) is 18.2 Å². The molecule has 0 bridgehead atoms. The number of benzene rings is 2. The molecule has 0 radical (unpaired) electrons. The van der Waals surface area contributed by atoms with Gasteiger partial charge in [0.05, 0.1) is 26.1 Å². The van der Waals surface area contributed by atoms with E-state index >= 15 is 0 Å². The Kier molecular flexibility index (Phi) is 6.39.